The molecule has 0 aromatic heterocycles. The lowest BCUT2D eigenvalue weighted by molar-refractivity contribution is -0.142. The summed E-state index contributed by atoms with van der Waals surface area (Å²) >= 11 is 0. The van der Waals surface area contributed by atoms with E-state index in [0.29, 0.717) is 24.8 Å². The van der Waals surface area contributed by atoms with Crippen molar-refractivity contribution >= 4 is 11.9 Å². The largest absolute Gasteiger partial charge is 0.480 e. The van der Waals surface area contributed by atoms with Crippen molar-refractivity contribution in [2.75, 3.05) is 0 Å². The van der Waals surface area contributed by atoms with Crippen LogP contribution in [0.1, 0.15) is 25.3 Å². The molecule has 1 saturated carbocycles. The third-order valence-corrected chi connectivity index (χ3v) is 3.54. The Kier molecular flexibility index (Phi) is 3.55. The van der Waals surface area contributed by atoms with Crippen molar-refractivity contribution in [2.45, 2.75) is 32.2 Å². The molecule has 1 aromatic carbocycles. The van der Waals surface area contributed by atoms with Crippen molar-refractivity contribution in [1.29, 1.82) is 0 Å². The van der Waals surface area contributed by atoms with Crippen LogP contribution in [0.5, 0.6) is 0 Å². The Morgan fingerprint density at radius 3 is 2.58 bits per heavy atom. The van der Waals surface area contributed by atoms with Gasteiger partial charge in [-0.3, -0.25) is 9.59 Å². The van der Waals surface area contributed by atoms with Gasteiger partial charge in [-0.15, -0.1) is 0 Å². The van der Waals surface area contributed by atoms with Crippen LogP contribution in [0.2, 0.25) is 0 Å². The molecular formula is C14H16FNO3. The van der Waals surface area contributed by atoms with Crippen molar-refractivity contribution in [3.8, 4) is 0 Å². The van der Waals surface area contributed by atoms with Crippen molar-refractivity contribution in [1.82, 2.24) is 5.32 Å². The lowest BCUT2D eigenvalue weighted by Gasteiger charge is -2.17. The molecule has 1 fully saturated rings. The van der Waals surface area contributed by atoms with Gasteiger partial charge < -0.3 is 10.4 Å². The smallest absolute Gasteiger partial charge is 0.325 e. The van der Waals surface area contributed by atoms with Gasteiger partial charge in [-0.1, -0.05) is 18.2 Å². The summed E-state index contributed by atoms with van der Waals surface area (Å²) in [5.74, 6) is -1.70. The second-order valence-corrected chi connectivity index (χ2v) is 5.08. The van der Waals surface area contributed by atoms with Crippen LogP contribution in [0.3, 0.4) is 0 Å². The number of carboxylic acid groups (broad SMARTS) is 1. The second-order valence-electron chi connectivity index (χ2n) is 5.08. The molecule has 1 atom stereocenters. The number of benzene rings is 1. The van der Waals surface area contributed by atoms with Crippen LogP contribution in [0, 0.1) is 11.2 Å². The van der Waals surface area contributed by atoms with E-state index in [0.717, 1.165) is 0 Å². The van der Waals surface area contributed by atoms with E-state index in [1.807, 2.05) is 0 Å². The zero-order valence-corrected chi connectivity index (χ0v) is 10.6. The van der Waals surface area contributed by atoms with E-state index in [2.05, 4.69) is 5.32 Å². The molecule has 0 heterocycles. The van der Waals surface area contributed by atoms with Crippen LogP contribution >= 0.6 is 0 Å². The van der Waals surface area contributed by atoms with E-state index in [9.17, 15) is 14.0 Å². The molecule has 2 N–H and O–H groups in total. The van der Waals surface area contributed by atoms with Gasteiger partial charge in [0.15, 0.2) is 0 Å². The molecule has 2 rings (SSSR count). The van der Waals surface area contributed by atoms with Crippen molar-refractivity contribution in [3.63, 3.8) is 0 Å². The highest BCUT2D eigenvalue weighted by Crippen LogP contribution is 2.49. The number of rotatable bonds is 5. The third kappa shape index (κ3) is 2.92. The molecule has 0 saturated heterocycles. The fourth-order valence-electron chi connectivity index (χ4n) is 2.05. The van der Waals surface area contributed by atoms with E-state index in [4.69, 9.17) is 5.11 Å². The predicted molar refractivity (Wildman–Crippen MR) is 67.0 cm³/mol. The summed E-state index contributed by atoms with van der Waals surface area (Å²) in [7, 11) is 0. The van der Waals surface area contributed by atoms with Crippen LogP contribution in [0.4, 0.5) is 4.39 Å². The third-order valence-electron chi connectivity index (χ3n) is 3.54. The first-order valence-corrected chi connectivity index (χ1v) is 6.22. The molecule has 0 unspecified atom stereocenters. The Morgan fingerprint density at radius 1 is 1.42 bits per heavy atom. The summed E-state index contributed by atoms with van der Waals surface area (Å²) in [5.41, 5.74) is -0.135. The molecule has 0 spiro atoms. The van der Waals surface area contributed by atoms with E-state index in [-0.39, 0.29) is 11.7 Å². The minimum atomic E-state index is -1.07. The summed E-state index contributed by atoms with van der Waals surface area (Å²) in [6.45, 7) is 1.42. The highest BCUT2D eigenvalue weighted by atomic mass is 19.1. The fourth-order valence-corrected chi connectivity index (χ4v) is 2.05. The predicted octanol–water partition coefficient (Wildman–Crippen LogP) is 1.74. The van der Waals surface area contributed by atoms with Gasteiger partial charge in [0.1, 0.15) is 11.9 Å². The Morgan fingerprint density at radius 2 is 2.05 bits per heavy atom. The van der Waals surface area contributed by atoms with Crippen LogP contribution in [0.25, 0.3) is 0 Å². The van der Waals surface area contributed by atoms with Gasteiger partial charge >= 0.3 is 5.97 Å². The van der Waals surface area contributed by atoms with Crippen molar-refractivity contribution in [2.24, 2.45) is 5.41 Å². The number of amides is 1. The Hall–Kier alpha value is -1.91. The van der Waals surface area contributed by atoms with E-state index >= 15 is 0 Å². The van der Waals surface area contributed by atoms with Gasteiger partial charge in [0, 0.05) is 0 Å². The maximum atomic E-state index is 13.6. The number of hydrogen-bond donors (Lipinski definition) is 2. The van der Waals surface area contributed by atoms with Gasteiger partial charge in [-0.2, -0.15) is 0 Å². The lowest BCUT2D eigenvalue weighted by Crippen LogP contribution is -2.43. The van der Waals surface area contributed by atoms with Gasteiger partial charge in [0.2, 0.25) is 5.91 Å². The molecule has 1 amide bonds. The molecular weight excluding hydrogens is 249 g/mol. The highest BCUT2D eigenvalue weighted by molar-refractivity contribution is 5.89. The number of nitrogens with one attached hydrogen (secondary N) is 1. The average Bonchev–Trinajstić information content (AvgIpc) is 3.13. The molecule has 0 bridgehead atoms. The molecule has 5 heteroatoms. The molecule has 0 radical (unpaired) electrons. The first-order chi connectivity index (χ1) is 8.94. The van der Waals surface area contributed by atoms with E-state index in [1.165, 1.54) is 13.0 Å². The van der Waals surface area contributed by atoms with Crippen LogP contribution in [-0.2, 0) is 16.0 Å². The first kappa shape index (κ1) is 13.5. The highest BCUT2D eigenvalue weighted by Gasteiger charge is 2.50. The van der Waals surface area contributed by atoms with Gasteiger partial charge in [0.25, 0.3) is 0 Å². The number of aliphatic carboxylic acids is 1. The number of carboxylic acids is 1. The molecule has 4 nitrogen and oxygen atoms in total. The molecule has 1 aliphatic rings. The normalized spacial score (nSPS) is 17.6. The topological polar surface area (TPSA) is 66.4 Å². The summed E-state index contributed by atoms with van der Waals surface area (Å²) < 4.78 is 13.6. The van der Waals surface area contributed by atoms with Crippen molar-refractivity contribution in [3.05, 3.63) is 35.6 Å². The monoisotopic (exact) mass is 265 g/mol. The molecule has 1 aliphatic carbocycles. The van der Waals surface area contributed by atoms with Crippen molar-refractivity contribution < 1.29 is 19.1 Å². The Labute approximate surface area is 110 Å². The first-order valence-electron chi connectivity index (χ1n) is 6.22. The van der Waals surface area contributed by atoms with Gasteiger partial charge in [-0.25, -0.2) is 4.39 Å². The number of halogens is 1. The maximum absolute atomic E-state index is 13.6. The van der Waals surface area contributed by atoms with E-state index < -0.39 is 17.4 Å². The SMILES string of the molecule is C[C@H](NC(=O)C1(Cc2ccccc2F)CC1)C(=O)O. The zero-order chi connectivity index (χ0) is 14.0. The number of hydrogen-bond acceptors (Lipinski definition) is 2. The minimum Gasteiger partial charge on any atom is -0.480 e. The molecule has 19 heavy (non-hydrogen) atoms. The van der Waals surface area contributed by atoms with Gasteiger partial charge in [-0.05, 0) is 37.8 Å². The standard InChI is InChI=1S/C14H16FNO3/c1-9(12(17)18)16-13(19)14(6-7-14)8-10-4-2-3-5-11(10)15/h2-5,9H,6-8H2,1H3,(H,16,19)(H,17,18)/t9-/m0/s1. The molecule has 1 aromatic rings. The fraction of sp³-hybridized carbons (Fsp3) is 0.429. The van der Waals surface area contributed by atoms with E-state index in [1.54, 1.807) is 18.2 Å². The molecule has 102 valence electrons. The zero-order valence-electron chi connectivity index (χ0n) is 10.6. The van der Waals surface area contributed by atoms with Crippen LogP contribution in [0.15, 0.2) is 24.3 Å². The average molecular weight is 265 g/mol. The number of carbonyl (C=O) groups is 2. The molecule has 0 aliphatic heterocycles. The maximum Gasteiger partial charge on any atom is 0.325 e. The van der Waals surface area contributed by atoms with Gasteiger partial charge in [0.05, 0.1) is 5.41 Å². The second kappa shape index (κ2) is 4.99. The summed E-state index contributed by atoms with van der Waals surface area (Å²) in [4.78, 5) is 22.8. The Balaban J connectivity index is 2.05. The lowest BCUT2D eigenvalue weighted by atomic mass is 9.95. The quantitative estimate of drug-likeness (QED) is 0.852. The summed E-state index contributed by atoms with van der Waals surface area (Å²) in [6, 6.07) is 5.43. The summed E-state index contributed by atoms with van der Waals surface area (Å²) in [5, 5.41) is 11.2. The number of carbonyl (C=O) groups excluding carboxylic acids is 1. The Bertz CT molecular complexity index is 511. The summed E-state index contributed by atoms with van der Waals surface area (Å²) in [6.07, 6.45) is 1.65. The van der Waals surface area contributed by atoms with Crippen LogP contribution in [-0.4, -0.2) is 23.0 Å². The van der Waals surface area contributed by atoms with Crippen LogP contribution < -0.4 is 5.32 Å². The minimum absolute atomic E-state index is 0.300.